The van der Waals surface area contributed by atoms with Crippen LogP contribution in [0, 0.1) is 6.92 Å². The first-order valence-electron chi connectivity index (χ1n) is 7.25. The number of carbonyl (C=O) groups is 1. The quantitative estimate of drug-likeness (QED) is 0.840. The summed E-state index contributed by atoms with van der Waals surface area (Å²) in [6, 6.07) is 8.13. The van der Waals surface area contributed by atoms with Gasteiger partial charge in [0.15, 0.2) is 0 Å². The Hall–Kier alpha value is -1.68. The molecule has 1 heterocycles. The number of benzene rings is 1. The van der Waals surface area contributed by atoms with E-state index in [9.17, 15) is 4.79 Å². The zero-order valence-electron chi connectivity index (χ0n) is 13.3. The van der Waals surface area contributed by atoms with Gasteiger partial charge >= 0.3 is 0 Å². The molecular weight excluding hydrogens is 280 g/mol. The van der Waals surface area contributed by atoms with Crippen molar-refractivity contribution in [3.63, 3.8) is 0 Å². The standard InChI is InChI=1S/C17H22N2OS/c1-11(2)19(12(3)4)17(20)15-8-6-14(7-9-15)16-18-13(5)10-21-16/h6-12H,1-5H3. The molecule has 0 saturated carbocycles. The Labute approximate surface area is 130 Å². The summed E-state index contributed by atoms with van der Waals surface area (Å²) in [7, 11) is 0. The van der Waals surface area contributed by atoms with Gasteiger partial charge in [-0.2, -0.15) is 0 Å². The molecule has 0 atom stereocenters. The van der Waals surface area contributed by atoms with Crippen molar-refractivity contribution >= 4 is 17.2 Å². The molecule has 2 rings (SSSR count). The predicted molar refractivity (Wildman–Crippen MR) is 88.7 cm³/mol. The van der Waals surface area contributed by atoms with E-state index in [0.29, 0.717) is 0 Å². The number of aromatic nitrogens is 1. The molecule has 0 spiro atoms. The Balaban J connectivity index is 2.24. The summed E-state index contributed by atoms with van der Waals surface area (Å²) in [6.07, 6.45) is 0. The van der Waals surface area contributed by atoms with Crippen LogP contribution in [0.25, 0.3) is 10.6 Å². The van der Waals surface area contributed by atoms with Crippen molar-refractivity contribution in [2.24, 2.45) is 0 Å². The first-order chi connectivity index (χ1) is 9.90. The molecule has 1 aromatic carbocycles. The van der Waals surface area contributed by atoms with Crippen LogP contribution < -0.4 is 0 Å². The van der Waals surface area contributed by atoms with E-state index in [4.69, 9.17) is 0 Å². The Morgan fingerprint density at radius 3 is 2.10 bits per heavy atom. The zero-order valence-corrected chi connectivity index (χ0v) is 14.1. The lowest BCUT2D eigenvalue weighted by Crippen LogP contribution is -2.42. The second kappa shape index (κ2) is 6.39. The molecule has 112 valence electrons. The van der Waals surface area contributed by atoms with Gasteiger partial charge in [-0.25, -0.2) is 4.98 Å². The van der Waals surface area contributed by atoms with E-state index < -0.39 is 0 Å². The van der Waals surface area contributed by atoms with Crippen LogP contribution in [0.3, 0.4) is 0 Å². The van der Waals surface area contributed by atoms with E-state index in [1.165, 1.54) is 0 Å². The second-order valence-corrected chi connectivity index (χ2v) is 6.63. The highest BCUT2D eigenvalue weighted by Crippen LogP contribution is 2.24. The van der Waals surface area contributed by atoms with E-state index >= 15 is 0 Å². The van der Waals surface area contributed by atoms with Gasteiger partial charge in [-0.3, -0.25) is 4.79 Å². The number of amides is 1. The van der Waals surface area contributed by atoms with Gasteiger partial charge < -0.3 is 4.90 Å². The maximum Gasteiger partial charge on any atom is 0.254 e. The van der Waals surface area contributed by atoms with Crippen LogP contribution in [0.1, 0.15) is 43.7 Å². The highest BCUT2D eigenvalue weighted by Gasteiger charge is 2.21. The van der Waals surface area contributed by atoms with Crippen molar-refractivity contribution in [1.82, 2.24) is 9.88 Å². The van der Waals surface area contributed by atoms with Crippen molar-refractivity contribution in [3.8, 4) is 10.6 Å². The number of nitrogens with zero attached hydrogens (tertiary/aromatic N) is 2. The van der Waals surface area contributed by atoms with Crippen LogP contribution in [-0.2, 0) is 0 Å². The van der Waals surface area contributed by atoms with Gasteiger partial charge in [0.2, 0.25) is 0 Å². The summed E-state index contributed by atoms with van der Waals surface area (Å²) < 4.78 is 0. The minimum Gasteiger partial charge on any atom is -0.334 e. The molecule has 1 amide bonds. The van der Waals surface area contributed by atoms with Crippen molar-refractivity contribution in [2.45, 2.75) is 46.7 Å². The SMILES string of the molecule is Cc1csc(-c2ccc(C(=O)N(C(C)C)C(C)C)cc2)n1. The fraction of sp³-hybridized carbons (Fsp3) is 0.412. The number of thiazole rings is 1. The topological polar surface area (TPSA) is 33.2 Å². The molecule has 4 heteroatoms. The van der Waals surface area contributed by atoms with E-state index in [-0.39, 0.29) is 18.0 Å². The minimum absolute atomic E-state index is 0.0851. The van der Waals surface area contributed by atoms with E-state index in [1.807, 2.05) is 69.2 Å². The van der Waals surface area contributed by atoms with Crippen molar-refractivity contribution in [1.29, 1.82) is 0 Å². The zero-order chi connectivity index (χ0) is 15.6. The van der Waals surface area contributed by atoms with Gasteiger partial charge in [-0.05, 0) is 46.8 Å². The summed E-state index contributed by atoms with van der Waals surface area (Å²) >= 11 is 1.63. The predicted octanol–water partition coefficient (Wildman–Crippen LogP) is 4.38. The van der Waals surface area contributed by atoms with Gasteiger partial charge in [0.05, 0.1) is 0 Å². The molecule has 21 heavy (non-hydrogen) atoms. The second-order valence-electron chi connectivity index (χ2n) is 5.77. The summed E-state index contributed by atoms with van der Waals surface area (Å²) in [4.78, 5) is 19.0. The molecular formula is C17H22N2OS. The molecule has 1 aromatic heterocycles. The number of hydrogen-bond acceptors (Lipinski definition) is 3. The lowest BCUT2D eigenvalue weighted by Gasteiger charge is -2.30. The first kappa shape index (κ1) is 15.7. The smallest absolute Gasteiger partial charge is 0.254 e. The normalized spacial score (nSPS) is 11.2. The molecule has 0 aliphatic heterocycles. The average molecular weight is 302 g/mol. The first-order valence-corrected chi connectivity index (χ1v) is 8.13. The maximum absolute atomic E-state index is 12.6. The van der Waals surface area contributed by atoms with Crippen LogP contribution in [0.15, 0.2) is 29.6 Å². The lowest BCUT2D eigenvalue weighted by molar-refractivity contribution is 0.0644. The van der Waals surface area contributed by atoms with Gasteiger partial charge in [0.1, 0.15) is 5.01 Å². The number of hydrogen-bond donors (Lipinski definition) is 0. The van der Waals surface area contributed by atoms with Gasteiger partial charge in [0, 0.05) is 34.3 Å². The number of aryl methyl sites for hydroxylation is 1. The molecule has 2 aromatic rings. The third-order valence-corrected chi connectivity index (χ3v) is 4.35. The number of rotatable bonds is 4. The Kier molecular flexibility index (Phi) is 4.78. The summed E-state index contributed by atoms with van der Waals surface area (Å²) in [5.74, 6) is 0.0851. The molecule has 0 N–H and O–H groups in total. The lowest BCUT2D eigenvalue weighted by atomic mass is 10.1. The Bertz CT molecular complexity index is 606. The third-order valence-electron chi connectivity index (χ3n) is 3.35. The number of carbonyl (C=O) groups excluding carboxylic acids is 1. The summed E-state index contributed by atoms with van der Waals surface area (Å²) in [5, 5.41) is 3.03. The molecule has 3 nitrogen and oxygen atoms in total. The van der Waals surface area contributed by atoms with E-state index in [1.54, 1.807) is 11.3 Å². The van der Waals surface area contributed by atoms with Crippen LogP contribution in [-0.4, -0.2) is 27.9 Å². The molecule has 0 saturated heterocycles. The fourth-order valence-electron chi connectivity index (χ4n) is 2.46. The minimum atomic E-state index is 0.0851. The fourth-order valence-corrected chi connectivity index (χ4v) is 3.26. The highest BCUT2D eigenvalue weighted by molar-refractivity contribution is 7.13. The summed E-state index contributed by atoms with van der Waals surface area (Å²) in [5.41, 5.74) is 2.82. The van der Waals surface area contributed by atoms with Crippen molar-refractivity contribution in [2.75, 3.05) is 0 Å². The van der Waals surface area contributed by atoms with Crippen molar-refractivity contribution in [3.05, 3.63) is 40.9 Å². The average Bonchev–Trinajstić information content (AvgIpc) is 2.84. The van der Waals surface area contributed by atoms with Gasteiger partial charge in [-0.15, -0.1) is 11.3 Å². The molecule has 0 bridgehead atoms. The van der Waals surface area contributed by atoms with Crippen LogP contribution in [0.5, 0.6) is 0 Å². The molecule has 0 unspecified atom stereocenters. The van der Waals surface area contributed by atoms with Crippen LogP contribution in [0.2, 0.25) is 0 Å². The summed E-state index contributed by atoms with van der Waals surface area (Å²) in [6.45, 7) is 10.2. The van der Waals surface area contributed by atoms with E-state index in [2.05, 4.69) is 4.98 Å². The maximum atomic E-state index is 12.6. The van der Waals surface area contributed by atoms with Crippen molar-refractivity contribution < 1.29 is 4.79 Å². The van der Waals surface area contributed by atoms with Gasteiger partial charge in [0.25, 0.3) is 5.91 Å². The molecule has 0 aliphatic carbocycles. The van der Waals surface area contributed by atoms with Crippen LogP contribution in [0.4, 0.5) is 0 Å². The van der Waals surface area contributed by atoms with E-state index in [0.717, 1.165) is 21.8 Å². The molecule has 0 fully saturated rings. The monoisotopic (exact) mass is 302 g/mol. The highest BCUT2D eigenvalue weighted by atomic mass is 32.1. The largest absolute Gasteiger partial charge is 0.334 e. The Morgan fingerprint density at radius 2 is 1.67 bits per heavy atom. The molecule has 0 aliphatic rings. The van der Waals surface area contributed by atoms with Gasteiger partial charge in [-0.1, -0.05) is 12.1 Å². The molecule has 0 radical (unpaired) electrons. The Morgan fingerprint density at radius 1 is 1.10 bits per heavy atom. The van der Waals surface area contributed by atoms with Crippen LogP contribution >= 0.6 is 11.3 Å². The third kappa shape index (κ3) is 3.50.